The molecule has 0 saturated carbocycles. The standard InChI is InChI=1S/C17H22FN3O2/c1-10(9-16-12(3)21-23-13(16)4)19-17(22)20-11(2)14-5-7-15(18)8-6-14/h5-8,10-11H,9H2,1-4H3,(H2,19,20,22). The summed E-state index contributed by atoms with van der Waals surface area (Å²) in [5.74, 6) is 0.481. The van der Waals surface area contributed by atoms with Crippen molar-refractivity contribution in [1.29, 1.82) is 0 Å². The monoisotopic (exact) mass is 319 g/mol. The Bertz CT molecular complexity index is 647. The molecule has 2 aromatic rings. The third kappa shape index (κ3) is 4.55. The number of benzene rings is 1. The lowest BCUT2D eigenvalue weighted by molar-refractivity contribution is 0.234. The molecule has 2 amide bonds. The Hall–Kier alpha value is -2.37. The number of urea groups is 1. The van der Waals surface area contributed by atoms with E-state index in [9.17, 15) is 9.18 Å². The molecule has 1 aromatic carbocycles. The number of hydrogen-bond acceptors (Lipinski definition) is 3. The maximum Gasteiger partial charge on any atom is 0.315 e. The first-order valence-corrected chi connectivity index (χ1v) is 7.61. The second-order valence-electron chi connectivity index (χ2n) is 5.80. The molecule has 0 bridgehead atoms. The van der Waals surface area contributed by atoms with Crippen molar-refractivity contribution in [1.82, 2.24) is 15.8 Å². The highest BCUT2D eigenvalue weighted by Gasteiger charge is 2.16. The van der Waals surface area contributed by atoms with Gasteiger partial charge in [-0.3, -0.25) is 0 Å². The van der Waals surface area contributed by atoms with Crippen LogP contribution in [0.1, 0.15) is 42.5 Å². The van der Waals surface area contributed by atoms with E-state index < -0.39 is 0 Å². The average molecular weight is 319 g/mol. The summed E-state index contributed by atoms with van der Waals surface area (Å²) in [4.78, 5) is 12.1. The van der Waals surface area contributed by atoms with Gasteiger partial charge >= 0.3 is 6.03 Å². The summed E-state index contributed by atoms with van der Waals surface area (Å²) < 4.78 is 18.0. The molecule has 5 nitrogen and oxygen atoms in total. The number of aromatic nitrogens is 1. The Balaban J connectivity index is 1.87. The minimum Gasteiger partial charge on any atom is -0.361 e. The number of carbonyl (C=O) groups excluding carboxylic acids is 1. The van der Waals surface area contributed by atoms with Crippen molar-refractivity contribution >= 4 is 6.03 Å². The zero-order chi connectivity index (χ0) is 17.0. The number of amides is 2. The highest BCUT2D eigenvalue weighted by molar-refractivity contribution is 5.74. The lowest BCUT2D eigenvalue weighted by Gasteiger charge is -2.18. The molecule has 0 saturated heterocycles. The molecule has 0 aliphatic heterocycles. The molecule has 0 fully saturated rings. The largest absolute Gasteiger partial charge is 0.361 e. The van der Waals surface area contributed by atoms with E-state index in [1.807, 2.05) is 27.7 Å². The van der Waals surface area contributed by atoms with E-state index in [0.717, 1.165) is 22.6 Å². The highest BCUT2D eigenvalue weighted by atomic mass is 19.1. The van der Waals surface area contributed by atoms with Gasteiger partial charge in [-0.1, -0.05) is 17.3 Å². The van der Waals surface area contributed by atoms with E-state index in [1.165, 1.54) is 12.1 Å². The van der Waals surface area contributed by atoms with Crippen LogP contribution in [0.15, 0.2) is 28.8 Å². The molecule has 2 rings (SSSR count). The van der Waals surface area contributed by atoms with Gasteiger partial charge in [-0.15, -0.1) is 0 Å². The second kappa shape index (κ2) is 7.26. The predicted molar refractivity (Wildman–Crippen MR) is 85.6 cm³/mol. The summed E-state index contributed by atoms with van der Waals surface area (Å²) in [5.41, 5.74) is 2.71. The quantitative estimate of drug-likeness (QED) is 0.887. The second-order valence-corrected chi connectivity index (χ2v) is 5.80. The average Bonchev–Trinajstić information content (AvgIpc) is 2.79. The topological polar surface area (TPSA) is 67.2 Å². The third-order valence-corrected chi connectivity index (χ3v) is 3.79. The highest BCUT2D eigenvalue weighted by Crippen LogP contribution is 2.15. The fraction of sp³-hybridized carbons (Fsp3) is 0.412. The van der Waals surface area contributed by atoms with Crippen LogP contribution in [-0.4, -0.2) is 17.2 Å². The number of hydrogen-bond donors (Lipinski definition) is 2. The minimum absolute atomic E-state index is 0.0628. The number of aryl methyl sites for hydroxylation is 2. The Morgan fingerprint density at radius 1 is 1.22 bits per heavy atom. The Morgan fingerprint density at radius 3 is 2.43 bits per heavy atom. The zero-order valence-electron chi connectivity index (χ0n) is 13.8. The molecule has 2 atom stereocenters. The van der Waals surface area contributed by atoms with E-state index in [4.69, 9.17) is 4.52 Å². The summed E-state index contributed by atoms with van der Waals surface area (Å²) >= 11 is 0. The summed E-state index contributed by atoms with van der Waals surface area (Å²) in [5, 5.41) is 9.64. The zero-order valence-corrected chi connectivity index (χ0v) is 13.8. The molecule has 1 heterocycles. The Morgan fingerprint density at radius 2 is 1.87 bits per heavy atom. The molecule has 6 heteroatoms. The number of carbonyl (C=O) groups is 1. The number of rotatable bonds is 5. The molecule has 124 valence electrons. The molecule has 0 aliphatic carbocycles. The third-order valence-electron chi connectivity index (χ3n) is 3.79. The minimum atomic E-state index is -0.293. The molecule has 0 radical (unpaired) electrons. The van der Waals surface area contributed by atoms with Crippen molar-refractivity contribution in [2.45, 2.75) is 46.2 Å². The first kappa shape index (κ1) is 17.0. The fourth-order valence-corrected chi connectivity index (χ4v) is 2.45. The lowest BCUT2D eigenvalue weighted by Crippen LogP contribution is -2.42. The van der Waals surface area contributed by atoms with Crippen LogP contribution >= 0.6 is 0 Å². The van der Waals surface area contributed by atoms with Crippen molar-refractivity contribution in [2.75, 3.05) is 0 Å². The van der Waals surface area contributed by atoms with Crippen molar-refractivity contribution < 1.29 is 13.7 Å². The van der Waals surface area contributed by atoms with Crippen molar-refractivity contribution in [3.05, 3.63) is 52.7 Å². The summed E-state index contributed by atoms with van der Waals surface area (Å²) in [7, 11) is 0. The molecule has 1 aromatic heterocycles. The van der Waals surface area contributed by atoms with E-state index in [-0.39, 0.29) is 23.9 Å². The van der Waals surface area contributed by atoms with Gasteiger partial charge in [-0.25, -0.2) is 9.18 Å². The molecule has 2 unspecified atom stereocenters. The van der Waals surface area contributed by atoms with Crippen LogP contribution in [0.3, 0.4) is 0 Å². The lowest BCUT2D eigenvalue weighted by atomic mass is 10.1. The van der Waals surface area contributed by atoms with E-state index in [2.05, 4.69) is 15.8 Å². The van der Waals surface area contributed by atoms with Gasteiger partial charge < -0.3 is 15.2 Å². The molecule has 0 aliphatic rings. The van der Waals surface area contributed by atoms with Crippen LogP contribution < -0.4 is 10.6 Å². The molecule has 0 spiro atoms. The van der Waals surface area contributed by atoms with Crippen LogP contribution in [0.5, 0.6) is 0 Å². The first-order valence-electron chi connectivity index (χ1n) is 7.61. The Kier molecular flexibility index (Phi) is 5.36. The van der Waals surface area contributed by atoms with Gasteiger partial charge in [0.2, 0.25) is 0 Å². The molecular weight excluding hydrogens is 297 g/mol. The number of nitrogens with zero attached hydrogens (tertiary/aromatic N) is 1. The van der Waals surface area contributed by atoms with Gasteiger partial charge in [0.25, 0.3) is 0 Å². The summed E-state index contributed by atoms with van der Waals surface area (Å²) in [6.07, 6.45) is 0.652. The predicted octanol–water partition coefficient (Wildman–Crippen LogP) is 3.42. The normalized spacial score (nSPS) is 13.4. The Labute approximate surface area is 135 Å². The van der Waals surface area contributed by atoms with Gasteiger partial charge in [0.1, 0.15) is 11.6 Å². The van der Waals surface area contributed by atoms with Crippen LogP contribution in [0.25, 0.3) is 0 Å². The van der Waals surface area contributed by atoms with Gasteiger partial charge in [0.15, 0.2) is 0 Å². The summed E-state index contributed by atoms with van der Waals surface area (Å²) in [6.45, 7) is 7.52. The van der Waals surface area contributed by atoms with Crippen LogP contribution in [0, 0.1) is 19.7 Å². The SMILES string of the molecule is Cc1noc(C)c1CC(C)NC(=O)NC(C)c1ccc(F)cc1. The van der Waals surface area contributed by atoms with Gasteiger partial charge in [0, 0.05) is 11.6 Å². The van der Waals surface area contributed by atoms with Crippen molar-refractivity contribution in [2.24, 2.45) is 0 Å². The van der Waals surface area contributed by atoms with Crippen LogP contribution in [0.4, 0.5) is 9.18 Å². The van der Waals surface area contributed by atoms with Gasteiger partial charge in [0.05, 0.1) is 11.7 Å². The van der Waals surface area contributed by atoms with Crippen molar-refractivity contribution in [3.8, 4) is 0 Å². The van der Waals surface area contributed by atoms with Crippen molar-refractivity contribution in [3.63, 3.8) is 0 Å². The molecule has 2 N–H and O–H groups in total. The first-order chi connectivity index (χ1) is 10.9. The fourth-order valence-electron chi connectivity index (χ4n) is 2.45. The van der Waals surface area contributed by atoms with Crippen LogP contribution in [0.2, 0.25) is 0 Å². The van der Waals surface area contributed by atoms with E-state index in [1.54, 1.807) is 12.1 Å². The number of halogens is 1. The maximum atomic E-state index is 12.9. The maximum absolute atomic E-state index is 12.9. The van der Waals surface area contributed by atoms with E-state index in [0.29, 0.717) is 6.42 Å². The van der Waals surface area contributed by atoms with E-state index >= 15 is 0 Å². The smallest absolute Gasteiger partial charge is 0.315 e. The number of nitrogens with one attached hydrogen (secondary N) is 2. The van der Waals surface area contributed by atoms with Gasteiger partial charge in [-0.05, 0) is 51.8 Å². The molecule has 23 heavy (non-hydrogen) atoms. The van der Waals surface area contributed by atoms with Gasteiger partial charge in [-0.2, -0.15) is 0 Å². The molecular formula is C17H22FN3O2. The summed E-state index contributed by atoms with van der Waals surface area (Å²) in [6, 6.07) is 5.55. The van der Waals surface area contributed by atoms with Crippen LogP contribution in [-0.2, 0) is 6.42 Å².